The summed E-state index contributed by atoms with van der Waals surface area (Å²) >= 11 is 0. The second-order valence-electron chi connectivity index (χ2n) is 6.06. The number of methoxy groups -OCH3 is 1. The van der Waals surface area contributed by atoms with Gasteiger partial charge in [0.15, 0.2) is 5.69 Å². The fraction of sp³-hybridized carbons (Fsp3) is 0.444. The normalized spacial score (nSPS) is 18.0. The van der Waals surface area contributed by atoms with E-state index in [4.69, 9.17) is 9.26 Å². The number of nitrogens with zero attached hydrogens (tertiary/aromatic N) is 2. The average Bonchev–Trinajstić information content (AvgIpc) is 2.96. The van der Waals surface area contributed by atoms with Crippen LogP contribution in [0.5, 0.6) is 0 Å². The zero-order chi connectivity index (χ0) is 17.1. The second-order valence-corrected chi connectivity index (χ2v) is 6.06. The maximum atomic E-state index is 13.2. The maximum absolute atomic E-state index is 13.2. The van der Waals surface area contributed by atoms with Gasteiger partial charge in [0.25, 0.3) is 5.91 Å². The standard InChI is InChI=1S/C18H21FN2O3/c1-12-15(11-23-2)17(20-24-12)18(22)21-10-4-3-5-16(21)13-6-8-14(19)9-7-13/h6-9,16H,3-5,10-11H2,1-2H3/t16-/m1/s1. The lowest BCUT2D eigenvalue weighted by Crippen LogP contribution is -2.39. The Labute approximate surface area is 140 Å². The number of hydrogen-bond acceptors (Lipinski definition) is 4. The van der Waals surface area contributed by atoms with E-state index < -0.39 is 0 Å². The van der Waals surface area contributed by atoms with Crippen molar-refractivity contribution in [1.82, 2.24) is 10.1 Å². The number of carbonyl (C=O) groups excluding carboxylic acids is 1. The number of amides is 1. The molecule has 1 saturated heterocycles. The van der Waals surface area contributed by atoms with Crippen molar-refractivity contribution in [3.8, 4) is 0 Å². The van der Waals surface area contributed by atoms with Crippen LogP contribution >= 0.6 is 0 Å². The predicted octanol–water partition coefficient (Wildman–Crippen LogP) is 3.64. The molecule has 24 heavy (non-hydrogen) atoms. The third kappa shape index (κ3) is 3.19. The Hall–Kier alpha value is -2.21. The summed E-state index contributed by atoms with van der Waals surface area (Å²) in [5.74, 6) is 0.158. The summed E-state index contributed by atoms with van der Waals surface area (Å²) in [4.78, 5) is 14.8. The van der Waals surface area contributed by atoms with E-state index >= 15 is 0 Å². The van der Waals surface area contributed by atoms with Gasteiger partial charge in [-0.15, -0.1) is 0 Å². The lowest BCUT2D eigenvalue weighted by Gasteiger charge is -2.35. The number of halogens is 1. The van der Waals surface area contributed by atoms with Crippen molar-refractivity contribution >= 4 is 5.91 Å². The third-order valence-corrected chi connectivity index (χ3v) is 4.49. The Kier molecular flexibility index (Phi) is 4.94. The minimum absolute atomic E-state index is 0.0701. The predicted molar refractivity (Wildman–Crippen MR) is 86.0 cm³/mol. The van der Waals surface area contributed by atoms with Crippen LogP contribution in [0.4, 0.5) is 4.39 Å². The summed E-state index contributed by atoms with van der Waals surface area (Å²) < 4.78 is 23.5. The van der Waals surface area contributed by atoms with E-state index in [0.29, 0.717) is 23.6 Å². The molecule has 1 aliphatic heterocycles. The molecule has 0 N–H and O–H groups in total. The molecule has 0 radical (unpaired) electrons. The van der Waals surface area contributed by atoms with Crippen molar-refractivity contribution in [3.05, 3.63) is 52.7 Å². The van der Waals surface area contributed by atoms with Crippen LogP contribution in [0, 0.1) is 12.7 Å². The lowest BCUT2D eigenvalue weighted by molar-refractivity contribution is 0.0597. The van der Waals surface area contributed by atoms with Crippen LogP contribution in [0.2, 0.25) is 0 Å². The van der Waals surface area contributed by atoms with Crippen molar-refractivity contribution in [2.24, 2.45) is 0 Å². The van der Waals surface area contributed by atoms with Gasteiger partial charge in [0.1, 0.15) is 11.6 Å². The van der Waals surface area contributed by atoms with Crippen LogP contribution in [0.3, 0.4) is 0 Å². The molecule has 1 aromatic heterocycles. The van der Waals surface area contributed by atoms with Crippen LogP contribution in [0.1, 0.15) is 52.7 Å². The van der Waals surface area contributed by atoms with Gasteiger partial charge in [0, 0.05) is 13.7 Å². The Balaban J connectivity index is 1.90. The van der Waals surface area contributed by atoms with E-state index in [0.717, 1.165) is 24.8 Å². The first-order valence-corrected chi connectivity index (χ1v) is 8.12. The highest BCUT2D eigenvalue weighted by Gasteiger charge is 2.32. The van der Waals surface area contributed by atoms with Gasteiger partial charge in [-0.25, -0.2) is 4.39 Å². The van der Waals surface area contributed by atoms with E-state index in [1.807, 2.05) is 4.90 Å². The summed E-state index contributed by atoms with van der Waals surface area (Å²) in [5, 5.41) is 3.95. The second kappa shape index (κ2) is 7.13. The summed E-state index contributed by atoms with van der Waals surface area (Å²) in [6.07, 6.45) is 2.84. The fourth-order valence-electron chi connectivity index (χ4n) is 3.22. The molecule has 0 aliphatic carbocycles. The van der Waals surface area contributed by atoms with Crippen LogP contribution in [-0.2, 0) is 11.3 Å². The summed E-state index contributed by atoms with van der Waals surface area (Å²) in [6, 6.07) is 6.29. The number of rotatable bonds is 4. The van der Waals surface area contributed by atoms with E-state index in [1.165, 1.54) is 12.1 Å². The highest BCUT2D eigenvalue weighted by atomic mass is 19.1. The van der Waals surface area contributed by atoms with Crippen molar-refractivity contribution < 1.29 is 18.4 Å². The Morgan fingerprint density at radius 2 is 2.12 bits per heavy atom. The zero-order valence-corrected chi connectivity index (χ0v) is 13.9. The van der Waals surface area contributed by atoms with E-state index in [1.54, 1.807) is 26.2 Å². The van der Waals surface area contributed by atoms with Crippen LogP contribution in [0.25, 0.3) is 0 Å². The van der Waals surface area contributed by atoms with Gasteiger partial charge in [0.05, 0.1) is 18.2 Å². The number of likely N-dealkylation sites (tertiary alicyclic amines) is 1. The van der Waals surface area contributed by atoms with Gasteiger partial charge in [-0.3, -0.25) is 4.79 Å². The molecule has 1 aromatic carbocycles. The maximum Gasteiger partial charge on any atom is 0.276 e. The largest absolute Gasteiger partial charge is 0.380 e. The third-order valence-electron chi connectivity index (χ3n) is 4.49. The van der Waals surface area contributed by atoms with E-state index in [9.17, 15) is 9.18 Å². The fourth-order valence-corrected chi connectivity index (χ4v) is 3.22. The van der Waals surface area contributed by atoms with E-state index in [2.05, 4.69) is 5.16 Å². The van der Waals surface area contributed by atoms with Crippen LogP contribution in [0.15, 0.2) is 28.8 Å². The Morgan fingerprint density at radius 3 is 2.83 bits per heavy atom. The number of benzene rings is 1. The van der Waals surface area contributed by atoms with Crippen molar-refractivity contribution in [1.29, 1.82) is 0 Å². The molecule has 0 bridgehead atoms. The molecule has 6 heteroatoms. The van der Waals surface area contributed by atoms with Crippen LogP contribution in [-0.4, -0.2) is 29.6 Å². The summed E-state index contributed by atoms with van der Waals surface area (Å²) in [5.41, 5.74) is 1.94. The highest BCUT2D eigenvalue weighted by Crippen LogP contribution is 2.32. The van der Waals surface area contributed by atoms with Gasteiger partial charge in [0.2, 0.25) is 0 Å². The van der Waals surface area contributed by atoms with Gasteiger partial charge in [-0.05, 0) is 43.9 Å². The van der Waals surface area contributed by atoms with Gasteiger partial charge in [-0.2, -0.15) is 0 Å². The average molecular weight is 332 g/mol. The Bertz CT molecular complexity index is 712. The summed E-state index contributed by atoms with van der Waals surface area (Å²) in [6.45, 7) is 2.70. The molecule has 1 fully saturated rings. The molecule has 0 spiro atoms. The van der Waals surface area contributed by atoms with Crippen molar-refractivity contribution in [2.45, 2.75) is 38.8 Å². The molecular formula is C18H21FN2O3. The molecule has 0 saturated carbocycles. The number of carbonyl (C=O) groups is 1. The first kappa shape index (κ1) is 16.6. The minimum atomic E-state index is -0.276. The molecular weight excluding hydrogens is 311 g/mol. The zero-order valence-electron chi connectivity index (χ0n) is 13.9. The molecule has 1 atom stereocenters. The molecule has 2 aromatic rings. The number of hydrogen-bond donors (Lipinski definition) is 0. The lowest BCUT2D eigenvalue weighted by atomic mass is 9.94. The van der Waals surface area contributed by atoms with Crippen molar-refractivity contribution in [3.63, 3.8) is 0 Å². The number of aryl methyl sites for hydroxylation is 1. The highest BCUT2D eigenvalue weighted by molar-refractivity contribution is 5.94. The number of piperidine rings is 1. The molecule has 5 nitrogen and oxygen atoms in total. The summed E-state index contributed by atoms with van der Waals surface area (Å²) in [7, 11) is 1.57. The SMILES string of the molecule is COCc1c(C(=O)N2CCCC[C@@H]2c2ccc(F)cc2)noc1C. The number of ether oxygens (including phenoxy) is 1. The van der Waals surface area contributed by atoms with Gasteiger partial charge >= 0.3 is 0 Å². The Morgan fingerprint density at radius 1 is 1.38 bits per heavy atom. The molecule has 2 heterocycles. The van der Waals surface area contributed by atoms with E-state index in [-0.39, 0.29) is 24.4 Å². The quantitative estimate of drug-likeness (QED) is 0.858. The smallest absolute Gasteiger partial charge is 0.276 e. The first-order chi connectivity index (χ1) is 11.6. The number of aromatic nitrogens is 1. The first-order valence-electron chi connectivity index (χ1n) is 8.12. The molecule has 1 aliphatic rings. The van der Waals surface area contributed by atoms with Gasteiger partial charge in [-0.1, -0.05) is 17.3 Å². The topological polar surface area (TPSA) is 55.6 Å². The van der Waals surface area contributed by atoms with Crippen molar-refractivity contribution in [2.75, 3.05) is 13.7 Å². The van der Waals surface area contributed by atoms with Gasteiger partial charge < -0.3 is 14.2 Å². The molecule has 1 amide bonds. The minimum Gasteiger partial charge on any atom is -0.380 e. The molecule has 128 valence electrons. The molecule has 0 unspecified atom stereocenters. The monoisotopic (exact) mass is 332 g/mol. The van der Waals surface area contributed by atoms with Crippen LogP contribution < -0.4 is 0 Å². The molecule has 3 rings (SSSR count).